The molecule has 0 radical (unpaired) electrons. The molecular weight excluding hydrogens is 502 g/mol. The summed E-state index contributed by atoms with van der Waals surface area (Å²) in [6, 6.07) is 37.4. The molecule has 0 bridgehead atoms. The molecule has 192 valence electrons. The normalized spacial score (nSPS) is 12.6. The van der Waals surface area contributed by atoms with Gasteiger partial charge >= 0.3 is 0 Å². The van der Waals surface area contributed by atoms with Crippen molar-refractivity contribution in [3.63, 3.8) is 0 Å². The first-order valence-electron chi connectivity index (χ1n) is 14.0. The number of nitrogens with zero attached hydrogens (tertiary/aromatic N) is 5. The second-order valence-electron chi connectivity index (χ2n) is 11.4. The summed E-state index contributed by atoms with van der Waals surface area (Å²) >= 11 is 0. The molecule has 0 aliphatic rings. The third-order valence-corrected chi connectivity index (χ3v) is 8.74. The second-order valence-corrected chi connectivity index (χ2v) is 11.4. The van der Waals surface area contributed by atoms with Gasteiger partial charge in [-0.05, 0) is 82.9 Å². The van der Waals surface area contributed by atoms with Gasteiger partial charge in [0.05, 0.1) is 33.1 Å². The van der Waals surface area contributed by atoms with E-state index in [0.29, 0.717) is 0 Å². The molecule has 0 spiro atoms. The van der Waals surface area contributed by atoms with Crippen molar-refractivity contribution in [3.8, 4) is 11.1 Å². The van der Waals surface area contributed by atoms with Crippen LogP contribution < -0.4 is 0 Å². The van der Waals surface area contributed by atoms with Crippen molar-refractivity contribution in [2.45, 2.75) is 13.8 Å². The van der Waals surface area contributed by atoms with Gasteiger partial charge in [0.2, 0.25) is 11.6 Å². The molecule has 4 aromatic heterocycles. The second kappa shape index (κ2) is 7.20. The number of benzene rings is 6. The van der Waals surface area contributed by atoms with E-state index >= 15 is 0 Å². The van der Waals surface area contributed by atoms with E-state index in [2.05, 4.69) is 130 Å². The zero-order chi connectivity index (χ0) is 27.0. The summed E-state index contributed by atoms with van der Waals surface area (Å²) in [6.45, 7) is 4.34. The van der Waals surface area contributed by atoms with E-state index in [4.69, 9.17) is 9.97 Å². The topological polar surface area (TPSA) is 39.0 Å². The van der Waals surface area contributed by atoms with E-state index in [9.17, 15) is 0 Å². The standard InChI is InChI=1S/C36H23N5/c1-20-11-21(2)13-26(12-20)27-18-32-34-33(19-27)40-31-17-25-10-6-4-8-23(25)15-29(31)38-36(40)41(34)35-37-28-14-22-7-3-5-9-24(22)16-30(28)39(32)35/h3-19H,1-2H3. The van der Waals surface area contributed by atoms with E-state index in [-0.39, 0.29) is 0 Å². The molecule has 0 fully saturated rings. The maximum absolute atomic E-state index is 5.23. The molecule has 5 heteroatoms. The number of aryl methyl sites for hydroxylation is 2. The summed E-state index contributed by atoms with van der Waals surface area (Å²) in [5.74, 6) is 1.78. The Labute approximate surface area is 233 Å². The van der Waals surface area contributed by atoms with Crippen molar-refractivity contribution in [1.29, 1.82) is 0 Å². The van der Waals surface area contributed by atoms with Crippen molar-refractivity contribution in [3.05, 3.63) is 114 Å². The molecule has 0 aliphatic heterocycles. The summed E-state index contributed by atoms with van der Waals surface area (Å²) in [4.78, 5) is 10.5. The van der Waals surface area contributed by atoms with E-state index in [1.165, 1.54) is 43.8 Å². The fraction of sp³-hybridized carbons (Fsp3) is 0.0556. The van der Waals surface area contributed by atoms with E-state index in [1.54, 1.807) is 0 Å². The number of aromatic nitrogens is 5. The largest absolute Gasteiger partial charge is 0.276 e. The van der Waals surface area contributed by atoms with Crippen LogP contribution in [0.25, 0.3) is 82.8 Å². The number of hydrogen-bond acceptors (Lipinski definition) is 2. The molecule has 0 saturated carbocycles. The van der Waals surface area contributed by atoms with Crippen molar-refractivity contribution in [1.82, 2.24) is 23.2 Å². The van der Waals surface area contributed by atoms with Gasteiger partial charge < -0.3 is 0 Å². The molecule has 0 saturated heterocycles. The molecule has 0 atom stereocenters. The van der Waals surface area contributed by atoms with Crippen LogP contribution in [0, 0.1) is 13.8 Å². The minimum absolute atomic E-state index is 0.891. The van der Waals surface area contributed by atoms with Crippen molar-refractivity contribution in [2.24, 2.45) is 0 Å². The molecule has 10 rings (SSSR count). The zero-order valence-electron chi connectivity index (χ0n) is 22.6. The predicted octanol–water partition coefficient (Wildman–Crippen LogP) is 8.72. The van der Waals surface area contributed by atoms with Crippen LogP contribution in [-0.2, 0) is 0 Å². The Hall–Kier alpha value is -5.42. The third kappa shape index (κ3) is 2.70. The number of rotatable bonds is 1. The fourth-order valence-electron chi connectivity index (χ4n) is 7.05. The lowest BCUT2D eigenvalue weighted by Gasteiger charge is -2.08. The smallest absolute Gasteiger partial charge is 0.223 e. The number of imidazole rings is 4. The molecule has 0 aliphatic carbocycles. The molecule has 5 nitrogen and oxygen atoms in total. The monoisotopic (exact) mass is 525 g/mol. The maximum atomic E-state index is 5.23. The summed E-state index contributed by atoms with van der Waals surface area (Å²) < 4.78 is 6.91. The molecular formula is C36H23N5. The average Bonchev–Trinajstić information content (AvgIpc) is 3.68. The van der Waals surface area contributed by atoms with Crippen LogP contribution in [0.1, 0.15) is 11.1 Å². The third-order valence-electron chi connectivity index (χ3n) is 8.74. The molecule has 6 aromatic carbocycles. The van der Waals surface area contributed by atoms with E-state index < -0.39 is 0 Å². The Morgan fingerprint density at radius 3 is 1.37 bits per heavy atom. The quantitative estimate of drug-likeness (QED) is 0.215. The highest BCUT2D eigenvalue weighted by molar-refractivity contribution is 6.08. The van der Waals surface area contributed by atoms with Gasteiger partial charge in [0, 0.05) is 0 Å². The van der Waals surface area contributed by atoms with Crippen LogP contribution in [0.5, 0.6) is 0 Å². The highest BCUT2D eigenvalue weighted by Gasteiger charge is 2.25. The molecule has 0 unspecified atom stereocenters. The Kier molecular flexibility index (Phi) is 3.76. The van der Waals surface area contributed by atoms with Crippen LogP contribution in [0.3, 0.4) is 0 Å². The lowest BCUT2D eigenvalue weighted by atomic mass is 10.00. The minimum atomic E-state index is 0.891. The van der Waals surface area contributed by atoms with Gasteiger partial charge in [-0.1, -0.05) is 77.9 Å². The highest BCUT2D eigenvalue weighted by atomic mass is 15.3. The first kappa shape index (κ1) is 21.4. The molecule has 4 heterocycles. The van der Waals surface area contributed by atoms with Gasteiger partial charge in [-0.2, -0.15) is 0 Å². The lowest BCUT2D eigenvalue weighted by molar-refractivity contribution is 1.15. The van der Waals surface area contributed by atoms with Crippen LogP contribution in [0.4, 0.5) is 0 Å². The summed E-state index contributed by atoms with van der Waals surface area (Å²) in [6.07, 6.45) is 0. The summed E-state index contributed by atoms with van der Waals surface area (Å²) in [5.41, 5.74) is 12.6. The first-order valence-corrected chi connectivity index (χ1v) is 14.0. The van der Waals surface area contributed by atoms with Gasteiger partial charge in [-0.15, -0.1) is 0 Å². The van der Waals surface area contributed by atoms with Crippen LogP contribution >= 0.6 is 0 Å². The van der Waals surface area contributed by atoms with Gasteiger partial charge in [-0.25, -0.2) is 14.4 Å². The Morgan fingerprint density at radius 2 is 0.878 bits per heavy atom. The fourth-order valence-corrected chi connectivity index (χ4v) is 7.05. The lowest BCUT2D eigenvalue weighted by Crippen LogP contribution is -1.89. The predicted molar refractivity (Wildman–Crippen MR) is 169 cm³/mol. The van der Waals surface area contributed by atoms with Crippen LogP contribution in [0.15, 0.2) is 103 Å². The van der Waals surface area contributed by atoms with Gasteiger partial charge in [0.1, 0.15) is 5.52 Å². The minimum Gasteiger partial charge on any atom is -0.276 e. The van der Waals surface area contributed by atoms with Gasteiger partial charge in [0.25, 0.3) is 0 Å². The molecule has 0 N–H and O–H groups in total. The Balaban J connectivity index is 1.45. The first-order chi connectivity index (χ1) is 20.1. The Morgan fingerprint density at radius 1 is 0.439 bits per heavy atom. The zero-order valence-corrected chi connectivity index (χ0v) is 22.6. The highest BCUT2D eigenvalue weighted by Crippen LogP contribution is 2.39. The summed E-state index contributed by atoms with van der Waals surface area (Å²) in [7, 11) is 0. The van der Waals surface area contributed by atoms with E-state index in [1.807, 2.05) is 0 Å². The molecule has 0 amide bonds. The van der Waals surface area contributed by atoms with Gasteiger partial charge in [-0.3, -0.25) is 8.80 Å². The molecule has 10 aromatic rings. The maximum Gasteiger partial charge on any atom is 0.223 e. The average molecular weight is 526 g/mol. The van der Waals surface area contributed by atoms with Gasteiger partial charge in [0.15, 0.2) is 0 Å². The van der Waals surface area contributed by atoms with Crippen molar-refractivity contribution in [2.75, 3.05) is 0 Å². The number of hydrogen-bond donors (Lipinski definition) is 0. The van der Waals surface area contributed by atoms with Crippen LogP contribution in [0.2, 0.25) is 0 Å². The molecule has 41 heavy (non-hydrogen) atoms. The Bertz CT molecular complexity index is 2540. The van der Waals surface area contributed by atoms with Crippen molar-refractivity contribution < 1.29 is 0 Å². The van der Waals surface area contributed by atoms with Crippen LogP contribution in [-0.4, -0.2) is 23.2 Å². The van der Waals surface area contributed by atoms with Crippen molar-refractivity contribution >= 4 is 71.7 Å². The number of fused-ring (bicyclic) bond motifs is 12. The SMILES string of the molecule is Cc1cc(C)cc(-c2cc3c4c(c2)n2c5cc6ccccc6cc5nc2n4c2nc4cc5ccccc5cc4n32)c1. The summed E-state index contributed by atoms with van der Waals surface area (Å²) in [5, 5.41) is 4.82. The van der Waals surface area contributed by atoms with E-state index in [0.717, 1.165) is 50.2 Å².